The fourth-order valence-electron chi connectivity index (χ4n) is 3.42. The summed E-state index contributed by atoms with van der Waals surface area (Å²) in [5.74, 6) is 0.898. The van der Waals surface area contributed by atoms with E-state index in [0.717, 1.165) is 18.6 Å². The number of nitrogens with one attached hydrogen (secondary N) is 1. The van der Waals surface area contributed by atoms with Crippen molar-refractivity contribution in [1.82, 2.24) is 5.32 Å². The smallest absolute Gasteiger partial charge is 0.0672 e. The average molecular weight is 223 g/mol. The highest BCUT2D eigenvalue weighted by Gasteiger charge is 2.50. The molecule has 3 rings (SSSR count). The van der Waals surface area contributed by atoms with Crippen LogP contribution in [0.3, 0.4) is 0 Å². The van der Waals surface area contributed by atoms with Gasteiger partial charge < -0.3 is 10.1 Å². The summed E-state index contributed by atoms with van der Waals surface area (Å²) in [5, 5.41) is 3.76. The van der Waals surface area contributed by atoms with E-state index in [9.17, 15) is 0 Å². The number of rotatable bonds is 6. The van der Waals surface area contributed by atoms with Crippen molar-refractivity contribution in [3.05, 3.63) is 0 Å². The summed E-state index contributed by atoms with van der Waals surface area (Å²) in [6.45, 7) is 4.54. The molecule has 0 aromatic carbocycles. The zero-order valence-corrected chi connectivity index (χ0v) is 10.5. The van der Waals surface area contributed by atoms with Gasteiger partial charge in [0.1, 0.15) is 0 Å². The molecule has 3 fully saturated rings. The molecule has 16 heavy (non-hydrogen) atoms. The summed E-state index contributed by atoms with van der Waals surface area (Å²) in [7, 11) is 0. The van der Waals surface area contributed by atoms with E-state index in [0.29, 0.717) is 11.5 Å². The van der Waals surface area contributed by atoms with Crippen molar-refractivity contribution >= 4 is 0 Å². The van der Waals surface area contributed by atoms with Crippen LogP contribution >= 0.6 is 0 Å². The largest absolute Gasteiger partial charge is 0.377 e. The Kier molecular flexibility index (Phi) is 2.97. The fraction of sp³-hybridized carbons (Fsp3) is 1.00. The minimum atomic E-state index is 0.485. The quantitative estimate of drug-likeness (QED) is 0.747. The summed E-state index contributed by atoms with van der Waals surface area (Å²) in [6, 6.07) is 0.842. The standard InChI is InChI=1S/C14H25NO/c1-2-7-14(10-15-12-5-6-12)8-9-16-13(14)11-3-4-11/h11-13,15H,2-10H2,1H3. The van der Waals surface area contributed by atoms with Crippen LogP contribution in [0.5, 0.6) is 0 Å². The molecule has 0 amide bonds. The maximum atomic E-state index is 6.06. The second kappa shape index (κ2) is 4.30. The SMILES string of the molecule is CCCC1(CNC2CC2)CCOC1C1CC1. The monoisotopic (exact) mass is 223 g/mol. The molecule has 2 aliphatic carbocycles. The van der Waals surface area contributed by atoms with Crippen molar-refractivity contribution in [2.45, 2.75) is 64.0 Å². The third-order valence-corrected chi connectivity index (χ3v) is 4.62. The molecule has 0 aromatic heterocycles. The van der Waals surface area contributed by atoms with E-state index in [-0.39, 0.29) is 0 Å². The number of hydrogen-bond acceptors (Lipinski definition) is 2. The van der Waals surface area contributed by atoms with Gasteiger partial charge in [0.25, 0.3) is 0 Å². The van der Waals surface area contributed by atoms with Gasteiger partial charge in [-0.05, 0) is 44.4 Å². The van der Waals surface area contributed by atoms with E-state index in [1.165, 1.54) is 51.5 Å². The Morgan fingerprint density at radius 2 is 2.06 bits per heavy atom. The highest BCUT2D eigenvalue weighted by atomic mass is 16.5. The van der Waals surface area contributed by atoms with Crippen LogP contribution in [0.25, 0.3) is 0 Å². The van der Waals surface area contributed by atoms with Crippen LogP contribution in [0.1, 0.15) is 51.9 Å². The highest BCUT2D eigenvalue weighted by Crippen LogP contribution is 2.50. The molecule has 0 bridgehead atoms. The molecule has 92 valence electrons. The van der Waals surface area contributed by atoms with Crippen LogP contribution in [-0.2, 0) is 4.74 Å². The van der Waals surface area contributed by atoms with Crippen molar-refractivity contribution in [2.75, 3.05) is 13.2 Å². The van der Waals surface area contributed by atoms with Crippen LogP contribution in [0.15, 0.2) is 0 Å². The van der Waals surface area contributed by atoms with Crippen LogP contribution in [0.4, 0.5) is 0 Å². The summed E-state index contributed by atoms with van der Waals surface area (Å²) in [5.41, 5.74) is 0.485. The van der Waals surface area contributed by atoms with Gasteiger partial charge in [-0.25, -0.2) is 0 Å². The third-order valence-electron chi connectivity index (χ3n) is 4.62. The molecule has 2 nitrogen and oxygen atoms in total. The minimum absolute atomic E-state index is 0.485. The molecular weight excluding hydrogens is 198 g/mol. The van der Waals surface area contributed by atoms with E-state index in [1.807, 2.05) is 0 Å². The molecule has 0 spiro atoms. The molecule has 1 heterocycles. The van der Waals surface area contributed by atoms with Crippen molar-refractivity contribution in [3.8, 4) is 0 Å². The Morgan fingerprint density at radius 1 is 1.25 bits per heavy atom. The number of ether oxygens (including phenoxy) is 1. The predicted octanol–water partition coefficient (Wildman–Crippen LogP) is 2.72. The fourth-order valence-corrected chi connectivity index (χ4v) is 3.42. The molecule has 2 atom stereocenters. The lowest BCUT2D eigenvalue weighted by Crippen LogP contribution is -2.42. The van der Waals surface area contributed by atoms with Crippen molar-refractivity contribution in [3.63, 3.8) is 0 Å². The third kappa shape index (κ3) is 2.14. The molecule has 2 saturated carbocycles. The number of hydrogen-bond donors (Lipinski definition) is 1. The molecule has 2 heteroatoms. The van der Waals surface area contributed by atoms with Crippen LogP contribution in [-0.4, -0.2) is 25.3 Å². The Hall–Kier alpha value is -0.0800. The normalized spacial score (nSPS) is 39.2. The van der Waals surface area contributed by atoms with E-state index >= 15 is 0 Å². The van der Waals surface area contributed by atoms with Gasteiger partial charge in [-0.2, -0.15) is 0 Å². The molecular formula is C14H25NO. The van der Waals surface area contributed by atoms with Gasteiger partial charge >= 0.3 is 0 Å². The van der Waals surface area contributed by atoms with Gasteiger partial charge in [0, 0.05) is 24.6 Å². The lowest BCUT2D eigenvalue weighted by molar-refractivity contribution is 0.0260. The Balaban J connectivity index is 1.65. The van der Waals surface area contributed by atoms with Crippen LogP contribution in [0.2, 0.25) is 0 Å². The van der Waals surface area contributed by atoms with Crippen molar-refractivity contribution in [1.29, 1.82) is 0 Å². The van der Waals surface area contributed by atoms with E-state index in [1.54, 1.807) is 0 Å². The highest BCUT2D eigenvalue weighted by molar-refractivity contribution is 5.01. The molecule has 1 aliphatic heterocycles. The topological polar surface area (TPSA) is 21.3 Å². The van der Waals surface area contributed by atoms with E-state index in [4.69, 9.17) is 4.74 Å². The van der Waals surface area contributed by atoms with E-state index in [2.05, 4.69) is 12.2 Å². The zero-order valence-electron chi connectivity index (χ0n) is 10.5. The van der Waals surface area contributed by atoms with Gasteiger partial charge in [0.15, 0.2) is 0 Å². The first-order chi connectivity index (χ1) is 7.84. The minimum Gasteiger partial charge on any atom is -0.377 e. The van der Waals surface area contributed by atoms with Crippen LogP contribution < -0.4 is 5.32 Å². The van der Waals surface area contributed by atoms with Gasteiger partial charge in [0.05, 0.1) is 6.10 Å². The van der Waals surface area contributed by atoms with Gasteiger partial charge in [0.2, 0.25) is 0 Å². The molecule has 0 aromatic rings. The van der Waals surface area contributed by atoms with Gasteiger partial charge in [-0.1, -0.05) is 13.3 Å². The van der Waals surface area contributed by atoms with Crippen molar-refractivity contribution in [2.24, 2.45) is 11.3 Å². The molecule has 1 saturated heterocycles. The molecule has 2 unspecified atom stereocenters. The first kappa shape index (κ1) is 11.0. The Bertz CT molecular complexity index is 247. The molecule has 1 N–H and O–H groups in total. The zero-order chi connectivity index (χ0) is 11.0. The van der Waals surface area contributed by atoms with Gasteiger partial charge in [-0.15, -0.1) is 0 Å². The lowest BCUT2D eigenvalue weighted by Gasteiger charge is -2.34. The lowest BCUT2D eigenvalue weighted by atomic mass is 9.75. The Morgan fingerprint density at radius 3 is 2.69 bits per heavy atom. The predicted molar refractivity (Wildman–Crippen MR) is 65.4 cm³/mol. The first-order valence-electron chi connectivity index (χ1n) is 7.19. The summed E-state index contributed by atoms with van der Waals surface area (Å²) in [4.78, 5) is 0. The second-order valence-electron chi connectivity index (χ2n) is 6.15. The molecule has 0 radical (unpaired) electrons. The first-order valence-corrected chi connectivity index (χ1v) is 7.19. The maximum absolute atomic E-state index is 6.06. The summed E-state index contributed by atoms with van der Waals surface area (Å²) >= 11 is 0. The second-order valence-corrected chi connectivity index (χ2v) is 6.15. The molecule has 3 aliphatic rings. The van der Waals surface area contributed by atoms with E-state index < -0.39 is 0 Å². The maximum Gasteiger partial charge on any atom is 0.0672 e. The van der Waals surface area contributed by atoms with Crippen molar-refractivity contribution < 1.29 is 4.74 Å². The summed E-state index contributed by atoms with van der Waals surface area (Å²) < 4.78 is 6.06. The summed E-state index contributed by atoms with van der Waals surface area (Å²) in [6.07, 6.45) is 10.2. The van der Waals surface area contributed by atoms with Gasteiger partial charge in [-0.3, -0.25) is 0 Å². The average Bonchev–Trinajstić information content (AvgIpc) is 3.18. The Labute approximate surface area is 99.1 Å². The van der Waals surface area contributed by atoms with Crippen LogP contribution in [0, 0.1) is 11.3 Å².